The number of amides is 1. The molecule has 0 aliphatic heterocycles. The van der Waals surface area contributed by atoms with Crippen molar-refractivity contribution in [3.63, 3.8) is 0 Å². The van der Waals surface area contributed by atoms with E-state index in [1.807, 2.05) is 52.0 Å². The third kappa shape index (κ3) is 5.80. The molecule has 0 bridgehead atoms. The van der Waals surface area contributed by atoms with Gasteiger partial charge < -0.3 is 10.1 Å². The number of carbonyl (C=O) groups is 1. The molecule has 34 heavy (non-hydrogen) atoms. The Labute approximate surface area is 210 Å². The summed E-state index contributed by atoms with van der Waals surface area (Å²) in [5.41, 5.74) is 4.59. The maximum absolute atomic E-state index is 13.6. The Bertz CT molecular complexity index is 1290. The number of hydrogen-bond acceptors (Lipinski definition) is 4. The minimum Gasteiger partial charge on any atom is -0.496 e. The van der Waals surface area contributed by atoms with E-state index in [0.29, 0.717) is 15.9 Å². The predicted molar refractivity (Wildman–Crippen MR) is 139 cm³/mol. The second-order valence-electron chi connectivity index (χ2n) is 8.29. The number of anilines is 1. The van der Waals surface area contributed by atoms with Gasteiger partial charge in [-0.2, -0.15) is 0 Å². The molecule has 0 spiro atoms. The lowest BCUT2D eigenvalue weighted by atomic mass is 10.0. The molecule has 0 fully saturated rings. The van der Waals surface area contributed by atoms with Crippen LogP contribution in [0.15, 0.2) is 70.0 Å². The van der Waals surface area contributed by atoms with Crippen molar-refractivity contribution in [3.8, 4) is 5.75 Å². The van der Waals surface area contributed by atoms with Gasteiger partial charge in [-0.1, -0.05) is 41.5 Å². The topological polar surface area (TPSA) is 75.7 Å². The van der Waals surface area contributed by atoms with Crippen molar-refractivity contribution in [1.29, 1.82) is 0 Å². The summed E-state index contributed by atoms with van der Waals surface area (Å²) in [6, 6.07) is 17.3. The van der Waals surface area contributed by atoms with Gasteiger partial charge in [0.05, 0.1) is 28.2 Å². The number of methoxy groups -OCH3 is 1. The molecule has 0 saturated carbocycles. The zero-order chi connectivity index (χ0) is 25.0. The van der Waals surface area contributed by atoms with Gasteiger partial charge in [-0.15, -0.1) is 0 Å². The lowest BCUT2D eigenvalue weighted by Gasteiger charge is -2.26. The molecule has 180 valence electrons. The van der Waals surface area contributed by atoms with Crippen LogP contribution in [-0.4, -0.2) is 28.0 Å². The lowest BCUT2D eigenvalue weighted by Crippen LogP contribution is -2.41. The van der Waals surface area contributed by atoms with Crippen LogP contribution in [0.5, 0.6) is 5.75 Å². The summed E-state index contributed by atoms with van der Waals surface area (Å²) in [4.78, 5) is 13.1. The number of rotatable bonds is 8. The summed E-state index contributed by atoms with van der Waals surface area (Å²) in [6.07, 6.45) is 0. The fraction of sp³-hybridized carbons (Fsp3) is 0.269. The molecule has 3 aromatic rings. The highest BCUT2D eigenvalue weighted by Gasteiger charge is 2.28. The molecule has 1 atom stereocenters. The monoisotopic (exact) mass is 544 g/mol. The van der Waals surface area contributed by atoms with Crippen LogP contribution in [0.1, 0.15) is 35.2 Å². The molecular formula is C26H29BrN2O4S. The molecule has 3 rings (SSSR count). The maximum atomic E-state index is 13.6. The van der Waals surface area contributed by atoms with E-state index in [4.69, 9.17) is 4.74 Å². The molecule has 6 nitrogen and oxygen atoms in total. The van der Waals surface area contributed by atoms with Gasteiger partial charge in [0, 0.05) is 0 Å². The Balaban J connectivity index is 1.92. The molecule has 1 N–H and O–H groups in total. The highest BCUT2D eigenvalue weighted by atomic mass is 79.9. The summed E-state index contributed by atoms with van der Waals surface area (Å²) < 4.78 is 34.1. The van der Waals surface area contributed by atoms with Gasteiger partial charge in [-0.05, 0) is 85.1 Å². The van der Waals surface area contributed by atoms with Crippen LogP contribution in [0.3, 0.4) is 0 Å². The summed E-state index contributed by atoms with van der Waals surface area (Å²) in [7, 11) is -2.53. The number of carbonyl (C=O) groups excluding carboxylic acids is 1. The number of aryl methyl sites for hydroxylation is 3. The van der Waals surface area contributed by atoms with E-state index in [9.17, 15) is 13.2 Å². The Morgan fingerprint density at radius 3 is 2.24 bits per heavy atom. The normalized spacial score (nSPS) is 12.2. The van der Waals surface area contributed by atoms with E-state index in [2.05, 4.69) is 27.3 Å². The summed E-state index contributed by atoms with van der Waals surface area (Å²) in [5, 5.41) is 2.95. The molecule has 0 radical (unpaired) electrons. The third-order valence-corrected chi connectivity index (χ3v) is 7.98. The van der Waals surface area contributed by atoms with Crippen LogP contribution >= 0.6 is 15.9 Å². The largest absolute Gasteiger partial charge is 0.496 e. The summed E-state index contributed by atoms with van der Waals surface area (Å²) in [6.45, 7) is 7.46. The Morgan fingerprint density at radius 2 is 1.65 bits per heavy atom. The highest BCUT2D eigenvalue weighted by Crippen LogP contribution is 2.31. The molecule has 0 heterocycles. The Kier molecular flexibility index (Phi) is 8.05. The van der Waals surface area contributed by atoms with Crippen LogP contribution in [0.25, 0.3) is 0 Å². The van der Waals surface area contributed by atoms with E-state index in [0.717, 1.165) is 26.6 Å². The number of hydrogen-bond donors (Lipinski definition) is 1. The first-order valence-electron chi connectivity index (χ1n) is 10.8. The molecular weight excluding hydrogens is 516 g/mol. The average molecular weight is 545 g/mol. The van der Waals surface area contributed by atoms with Crippen molar-refractivity contribution in [3.05, 3.63) is 87.4 Å². The third-order valence-electron chi connectivity index (χ3n) is 5.59. The number of ether oxygens (including phenoxy) is 1. The molecule has 0 aliphatic carbocycles. The second-order valence-corrected chi connectivity index (χ2v) is 11.0. The fourth-order valence-corrected chi connectivity index (χ4v) is 5.91. The van der Waals surface area contributed by atoms with Crippen molar-refractivity contribution in [2.24, 2.45) is 0 Å². The molecule has 3 aromatic carbocycles. The molecule has 0 saturated heterocycles. The van der Waals surface area contributed by atoms with Crippen LogP contribution in [0.2, 0.25) is 0 Å². The Morgan fingerprint density at radius 1 is 1.00 bits per heavy atom. The van der Waals surface area contributed by atoms with Crippen molar-refractivity contribution in [2.75, 3.05) is 18.0 Å². The van der Waals surface area contributed by atoms with Gasteiger partial charge in [0.25, 0.3) is 10.0 Å². The van der Waals surface area contributed by atoms with Gasteiger partial charge >= 0.3 is 0 Å². The van der Waals surface area contributed by atoms with Gasteiger partial charge in [-0.25, -0.2) is 8.42 Å². The first kappa shape index (κ1) is 25.8. The standard InChI is InChI=1S/C26H29BrN2O4S/c1-17-6-9-21(10-7-17)29(34(31,32)22-11-13-25(33-5)24(27)15-22)16-26(30)28-20(4)23-12-8-18(2)14-19(23)3/h6-15,20H,16H2,1-5H3,(H,28,30). The SMILES string of the molecule is COc1ccc(S(=O)(=O)N(CC(=O)NC(C)c2ccc(C)cc2C)c2ccc(C)cc2)cc1Br. The number of nitrogens with zero attached hydrogens (tertiary/aromatic N) is 1. The zero-order valence-corrected chi connectivity index (χ0v) is 22.3. The van der Waals surface area contributed by atoms with E-state index < -0.39 is 15.9 Å². The van der Waals surface area contributed by atoms with Crippen molar-refractivity contribution < 1.29 is 17.9 Å². The summed E-state index contributed by atoms with van der Waals surface area (Å²) >= 11 is 3.35. The minimum absolute atomic E-state index is 0.0518. The number of halogens is 1. The van der Waals surface area contributed by atoms with Crippen LogP contribution in [-0.2, 0) is 14.8 Å². The van der Waals surface area contributed by atoms with Crippen LogP contribution in [0, 0.1) is 20.8 Å². The van der Waals surface area contributed by atoms with Gasteiger partial charge in [0.1, 0.15) is 12.3 Å². The quantitative estimate of drug-likeness (QED) is 0.408. The van der Waals surface area contributed by atoms with E-state index >= 15 is 0 Å². The first-order valence-corrected chi connectivity index (χ1v) is 13.1. The molecule has 0 aliphatic rings. The van der Waals surface area contributed by atoms with E-state index in [-0.39, 0.29) is 17.5 Å². The minimum atomic E-state index is -4.04. The number of benzene rings is 3. The molecule has 8 heteroatoms. The van der Waals surface area contributed by atoms with E-state index in [1.165, 1.54) is 19.2 Å². The number of sulfonamides is 1. The van der Waals surface area contributed by atoms with Crippen LogP contribution < -0.4 is 14.4 Å². The Hall–Kier alpha value is -2.84. The van der Waals surface area contributed by atoms with Gasteiger partial charge in [0.15, 0.2) is 0 Å². The molecule has 0 aromatic heterocycles. The molecule has 1 amide bonds. The van der Waals surface area contributed by atoms with Crippen molar-refractivity contribution in [1.82, 2.24) is 5.32 Å². The second kappa shape index (κ2) is 10.6. The predicted octanol–water partition coefficient (Wildman–Crippen LogP) is 5.46. The average Bonchev–Trinajstić information content (AvgIpc) is 2.78. The lowest BCUT2D eigenvalue weighted by molar-refractivity contribution is -0.120. The van der Waals surface area contributed by atoms with E-state index in [1.54, 1.807) is 18.2 Å². The summed E-state index contributed by atoms with van der Waals surface area (Å²) in [5.74, 6) is 0.116. The van der Waals surface area contributed by atoms with Gasteiger partial charge in [0.2, 0.25) is 5.91 Å². The zero-order valence-electron chi connectivity index (χ0n) is 19.9. The highest BCUT2D eigenvalue weighted by molar-refractivity contribution is 9.10. The maximum Gasteiger partial charge on any atom is 0.264 e. The fourth-order valence-electron chi connectivity index (χ4n) is 3.77. The van der Waals surface area contributed by atoms with Gasteiger partial charge in [-0.3, -0.25) is 9.10 Å². The van der Waals surface area contributed by atoms with Crippen LogP contribution in [0.4, 0.5) is 5.69 Å². The van der Waals surface area contributed by atoms with Crippen molar-refractivity contribution in [2.45, 2.75) is 38.6 Å². The number of nitrogens with one attached hydrogen (secondary N) is 1. The smallest absolute Gasteiger partial charge is 0.264 e. The first-order chi connectivity index (χ1) is 16.0. The van der Waals surface area contributed by atoms with Crippen molar-refractivity contribution >= 4 is 37.5 Å². The molecule has 1 unspecified atom stereocenters.